The number of hydrogen-bond acceptors (Lipinski definition) is 1. The van der Waals surface area contributed by atoms with E-state index >= 15 is 0 Å². The molecule has 0 unspecified atom stereocenters. The second-order valence-corrected chi connectivity index (χ2v) is 3.05. The fraction of sp³-hybridized carbons (Fsp3) is 0.667. The van der Waals surface area contributed by atoms with E-state index in [9.17, 15) is 4.79 Å². The van der Waals surface area contributed by atoms with Crippen LogP contribution in [0.25, 0.3) is 0 Å². The second-order valence-electron chi connectivity index (χ2n) is 3.05. The largest absolute Gasteiger partial charge is 0.348 e. The van der Waals surface area contributed by atoms with E-state index in [1.165, 1.54) is 0 Å². The van der Waals surface area contributed by atoms with E-state index < -0.39 is 0 Å². The molecule has 0 aliphatic carbocycles. The van der Waals surface area contributed by atoms with E-state index in [4.69, 9.17) is 5.73 Å². The van der Waals surface area contributed by atoms with Crippen LogP contribution in [0.2, 0.25) is 0 Å². The molecular formula is C6H14N3O+. The first kappa shape index (κ1) is 8.94. The molecular weight excluding hydrogens is 130 g/mol. The molecule has 0 atom stereocenters. The Labute approximate surface area is 60.5 Å². The Balaban J connectivity index is 4.02. The summed E-state index contributed by atoms with van der Waals surface area (Å²) in [7, 11) is 0. The topological polar surface area (TPSA) is 69.1 Å². The van der Waals surface area contributed by atoms with Gasteiger partial charge in [-0.05, 0) is 20.8 Å². The van der Waals surface area contributed by atoms with Gasteiger partial charge < -0.3 is 0 Å². The maximum atomic E-state index is 9.85. The van der Waals surface area contributed by atoms with Gasteiger partial charge in [-0.3, -0.25) is 15.5 Å². The first-order valence-corrected chi connectivity index (χ1v) is 3.06. The molecule has 0 bridgehead atoms. The van der Waals surface area contributed by atoms with Gasteiger partial charge in [-0.25, -0.2) is 5.32 Å². The quantitative estimate of drug-likeness (QED) is 0.225. The number of nitrogens with one attached hydrogen (secondary N) is 2. The maximum absolute atomic E-state index is 9.85. The van der Waals surface area contributed by atoms with Crippen LogP contribution in [0, 0.1) is 0 Å². The van der Waals surface area contributed by atoms with Gasteiger partial charge in [-0.2, -0.15) is 0 Å². The summed E-state index contributed by atoms with van der Waals surface area (Å²) < 4.78 is 0. The van der Waals surface area contributed by atoms with Gasteiger partial charge in [-0.1, -0.05) is 0 Å². The minimum absolute atomic E-state index is 0.111. The summed E-state index contributed by atoms with van der Waals surface area (Å²) in [6.45, 7) is 5.85. The van der Waals surface area contributed by atoms with Crippen LogP contribution < -0.4 is 16.0 Å². The lowest BCUT2D eigenvalue weighted by atomic mass is 10.1. The predicted molar refractivity (Wildman–Crippen MR) is 39.1 cm³/mol. The standard InChI is InChI=1S/C6H13N3O/c1-6(2,3)9-5(7)8-4-10/h4H,1-3H3,(H3,7,8,9,10)/p+1. The summed E-state index contributed by atoms with van der Waals surface area (Å²) in [6.07, 6.45) is 0.536. The molecule has 0 saturated heterocycles. The molecule has 0 spiro atoms. The number of carbonyl (C=O) groups is 1. The summed E-state index contributed by atoms with van der Waals surface area (Å²) in [5.41, 5.74) is 5.22. The van der Waals surface area contributed by atoms with Crippen molar-refractivity contribution in [2.45, 2.75) is 26.3 Å². The van der Waals surface area contributed by atoms with Crippen molar-refractivity contribution in [3.05, 3.63) is 0 Å². The Hall–Kier alpha value is -1.06. The molecule has 0 aromatic carbocycles. The Morgan fingerprint density at radius 2 is 2.10 bits per heavy atom. The van der Waals surface area contributed by atoms with Crippen molar-refractivity contribution in [1.82, 2.24) is 5.32 Å². The monoisotopic (exact) mass is 144 g/mol. The minimum atomic E-state index is -0.111. The fourth-order valence-electron chi connectivity index (χ4n) is 0.504. The van der Waals surface area contributed by atoms with E-state index in [0.717, 1.165) is 0 Å². The smallest absolute Gasteiger partial charge is 0.290 e. The fourth-order valence-corrected chi connectivity index (χ4v) is 0.504. The van der Waals surface area contributed by atoms with Crippen LogP contribution >= 0.6 is 0 Å². The molecule has 4 N–H and O–H groups in total. The molecule has 4 heteroatoms. The average Bonchev–Trinajstić information content (AvgIpc) is 1.59. The summed E-state index contributed by atoms with van der Waals surface area (Å²) in [5.74, 6) is 0.280. The molecule has 1 amide bonds. The highest BCUT2D eigenvalue weighted by molar-refractivity contribution is 5.82. The third-order valence-corrected chi connectivity index (χ3v) is 0.724. The summed E-state index contributed by atoms with van der Waals surface area (Å²) >= 11 is 0. The first-order valence-electron chi connectivity index (χ1n) is 3.06. The summed E-state index contributed by atoms with van der Waals surface area (Å²) in [4.78, 5) is 12.7. The zero-order valence-electron chi connectivity index (χ0n) is 6.56. The van der Waals surface area contributed by atoms with Crippen molar-refractivity contribution in [3.63, 3.8) is 0 Å². The van der Waals surface area contributed by atoms with E-state index in [1.54, 1.807) is 0 Å². The molecule has 0 radical (unpaired) electrons. The molecule has 0 aliphatic heterocycles. The highest BCUT2D eigenvalue weighted by Gasteiger charge is 2.09. The summed E-state index contributed by atoms with van der Waals surface area (Å²) in [6, 6.07) is 0. The molecule has 4 nitrogen and oxygen atoms in total. The predicted octanol–water partition coefficient (Wildman–Crippen LogP) is -2.07. The van der Waals surface area contributed by atoms with Crippen molar-refractivity contribution < 1.29 is 9.79 Å². The van der Waals surface area contributed by atoms with Crippen LogP contribution in [0.1, 0.15) is 20.8 Å². The Bertz CT molecular complexity index is 146. The van der Waals surface area contributed by atoms with E-state index in [1.807, 2.05) is 20.8 Å². The molecule has 10 heavy (non-hydrogen) atoms. The Morgan fingerprint density at radius 3 is 2.40 bits per heavy atom. The second kappa shape index (κ2) is 3.20. The number of nitrogens with two attached hydrogens (primary N) is 1. The van der Waals surface area contributed by atoms with Crippen molar-refractivity contribution >= 4 is 12.4 Å². The van der Waals surface area contributed by atoms with Crippen molar-refractivity contribution in [3.8, 4) is 0 Å². The first-order chi connectivity index (χ1) is 4.45. The number of amides is 1. The number of guanidine groups is 1. The third kappa shape index (κ3) is 5.08. The molecule has 58 valence electrons. The van der Waals surface area contributed by atoms with Gasteiger partial charge in [0.2, 0.25) is 0 Å². The lowest BCUT2D eigenvalue weighted by Gasteiger charge is -2.09. The van der Waals surface area contributed by atoms with E-state index in [-0.39, 0.29) is 11.5 Å². The van der Waals surface area contributed by atoms with Crippen molar-refractivity contribution in [2.24, 2.45) is 5.73 Å². The van der Waals surface area contributed by atoms with Gasteiger partial charge in [0.25, 0.3) is 6.41 Å². The highest BCUT2D eigenvalue weighted by atomic mass is 16.1. The molecule has 0 aromatic heterocycles. The molecule has 0 fully saturated rings. The van der Waals surface area contributed by atoms with Crippen LogP contribution in [0.5, 0.6) is 0 Å². The molecule has 0 heterocycles. The van der Waals surface area contributed by atoms with Gasteiger partial charge in [0.1, 0.15) is 0 Å². The highest BCUT2D eigenvalue weighted by Crippen LogP contribution is 1.85. The van der Waals surface area contributed by atoms with Crippen LogP contribution in [-0.4, -0.2) is 17.9 Å². The molecule has 0 aliphatic rings. The molecule has 0 rings (SSSR count). The zero-order valence-corrected chi connectivity index (χ0v) is 6.56. The number of rotatable bonds is 1. The van der Waals surface area contributed by atoms with Crippen LogP contribution in [-0.2, 0) is 4.79 Å². The van der Waals surface area contributed by atoms with Gasteiger partial charge >= 0.3 is 5.96 Å². The summed E-state index contributed by atoms with van der Waals surface area (Å²) in [5, 5.41) is 2.30. The van der Waals surface area contributed by atoms with Crippen LogP contribution in [0.3, 0.4) is 0 Å². The normalized spacial score (nSPS) is 12.9. The van der Waals surface area contributed by atoms with Crippen LogP contribution in [0.4, 0.5) is 0 Å². The van der Waals surface area contributed by atoms with Gasteiger partial charge in [0.15, 0.2) is 0 Å². The molecule has 0 saturated carbocycles. The maximum Gasteiger partial charge on any atom is 0.348 e. The Kier molecular flexibility index (Phi) is 2.86. The lowest BCUT2D eigenvalue weighted by molar-refractivity contribution is -0.541. The van der Waals surface area contributed by atoms with Gasteiger partial charge in [0.05, 0.1) is 5.54 Å². The average molecular weight is 144 g/mol. The number of hydrogen-bond donors (Lipinski definition) is 3. The van der Waals surface area contributed by atoms with Gasteiger partial charge in [-0.15, -0.1) is 0 Å². The van der Waals surface area contributed by atoms with E-state index in [0.29, 0.717) is 6.41 Å². The third-order valence-electron chi connectivity index (χ3n) is 0.724. The lowest BCUT2D eigenvalue weighted by Crippen LogP contribution is -2.88. The SMILES string of the molecule is CC(C)(C)[NH+]=C(N)NC=O. The van der Waals surface area contributed by atoms with Gasteiger partial charge in [0, 0.05) is 0 Å². The Morgan fingerprint density at radius 1 is 1.60 bits per heavy atom. The number of carbonyl (C=O) groups excluding carboxylic acids is 1. The van der Waals surface area contributed by atoms with Crippen molar-refractivity contribution in [2.75, 3.05) is 0 Å². The minimum Gasteiger partial charge on any atom is -0.290 e. The van der Waals surface area contributed by atoms with Crippen molar-refractivity contribution in [1.29, 1.82) is 0 Å². The zero-order chi connectivity index (χ0) is 8.20. The van der Waals surface area contributed by atoms with E-state index in [2.05, 4.69) is 10.3 Å². The molecule has 0 aromatic rings. The van der Waals surface area contributed by atoms with Crippen LogP contribution in [0.15, 0.2) is 0 Å².